The van der Waals surface area contributed by atoms with E-state index in [1.54, 1.807) is 6.20 Å². The summed E-state index contributed by atoms with van der Waals surface area (Å²) in [6, 6.07) is 0. The molecule has 1 N–H and O–H groups in total. The second kappa shape index (κ2) is 5.42. The van der Waals surface area contributed by atoms with E-state index in [1.165, 1.54) is 4.68 Å². The smallest absolute Gasteiger partial charge is 0.216 e. The van der Waals surface area contributed by atoms with Crippen LogP contribution in [0.25, 0.3) is 0 Å². The number of hydrogen-bond donors (Lipinski definition) is 1. The lowest BCUT2D eigenvalue weighted by Crippen LogP contribution is -2.05. The summed E-state index contributed by atoms with van der Waals surface area (Å²) in [4.78, 5) is 0. The fraction of sp³-hybridized carbons (Fsp3) is 0.538. The number of hydrogen-bond acceptors (Lipinski definition) is 3. The Hall–Kier alpha value is -1.85. The van der Waals surface area contributed by atoms with Crippen LogP contribution >= 0.6 is 0 Å². The summed E-state index contributed by atoms with van der Waals surface area (Å²) in [5.74, 6) is -0.256. The topological polar surface area (TPSA) is 47.7 Å². The highest BCUT2D eigenvalue weighted by Gasteiger charge is 2.14. The summed E-state index contributed by atoms with van der Waals surface area (Å²) < 4.78 is 17.3. The van der Waals surface area contributed by atoms with Crippen molar-refractivity contribution in [1.82, 2.24) is 19.6 Å². The maximum atomic E-state index is 14.0. The number of halogens is 1. The van der Waals surface area contributed by atoms with Gasteiger partial charge in [-0.1, -0.05) is 0 Å². The first-order chi connectivity index (χ1) is 9.08. The molecule has 0 aliphatic heterocycles. The molecule has 0 atom stereocenters. The number of nitrogens with one attached hydrogen (secondary N) is 1. The molecule has 0 radical (unpaired) electrons. The minimum absolute atomic E-state index is 0.256. The molecule has 2 aromatic heterocycles. The molecule has 0 aromatic carbocycles. The van der Waals surface area contributed by atoms with Gasteiger partial charge in [0.25, 0.3) is 0 Å². The van der Waals surface area contributed by atoms with Gasteiger partial charge in [-0.05, 0) is 27.7 Å². The number of anilines is 1. The van der Waals surface area contributed by atoms with E-state index < -0.39 is 0 Å². The van der Waals surface area contributed by atoms with Crippen LogP contribution < -0.4 is 5.32 Å². The molecule has 0 aliphatic carbocycles. The van der Waals surface area contributed by atoms with Crippen molar-refractivity contribution in [2.24, 2.45) is 0 Å². The van der Waals surface area contributed by atoms with Gasteiger partial charge in [-0.15, -0.1) is 0 Å². The molecule has 0 amide bonds. The van der Waals surface area contributed by atoms with Crippen LogP contribution in [-0.4, -0.2) is 19.6 Å². The van der Waals surface area contributed by atoms with E-state index in [-0.39, 0.29) is 5.95 Å². The number of nitrogens with zero attached hydrogens (tertiary/aromatic N) is 4. The Morgan fingerprint density at radius 3 is 2.42 bits per heavy atom. The first-order valence-corrected chi connectivity index (χ1v) is 6.56. The SMILES string of the molecule is CCn1ncc(NCc2c(C)nn(CC)c2F)c1C. The van der Waals surface area contributed by atoms with Gasteiger partial charge in [-0.2, -0.15) is 14.6 Å². The third-order valence-electron chi connectivity index (χ3n) is 3.34. The lowest BCUT2D eigenvalue weighted by molar-refractivity contribution is 0.464. The zero-order chi connectivity index (χ0) is 14.0. The van der Waals surface area contributed by atoms with Gasteiger partial charge >= 0.3 is 0 Å². The maximum Gasteiger partial charge on any atom is 0.216 e. The Balaban J connectivity index is 2.14. The van der Waals surface area contributed by atoms with Crippen molar-refractivity contribution < 1.29 is 4.39 Å². The number of aryl methyl sites for hydroxylation is 3. The van der Waals surface area contributed by atoms with Crippen molar-refractivity contribution in [3.8, 4) is 0 Å². The molecule has 2 rings (SSSR count). The largest absolute Gasteiger partial charge is 0.378 e. The van der Waals surface area contributed by atoms with Crippen molar-refractivity contribution >= 4 is 5.69 Å². The average Bonchev–Trinajstić information content (AvgIpc) is 2.88. The highest BCUT2D eigenvalue weighted by atomic mass is 19.1. The van der Waals surface area contributed by atoms with Crippen LogP contribution in [0.2, 0.25) is 0 Å². The molecule has 2 heterocycles. The first kappa shape index (κ1) is 13.6. The zero-order valence-electron chi connectivity index (χ0n) is 11.9. The van der Waals surface area contributed by atoms with Gasteiger partial charge < -0.3 is 5.32 Å². The molecule has 19 heavy (non-hydrogen) atoms. The molecule has 0 aliphatic rings. The molecule has 0 saturated carbocycles. The molecule has 0 unspecified atom stereocenters. The van der Waals surface area contributed by atoms with E-state index >= 15 is 0 Å². The standard InChI is InChI=1S/C13H20FN5/c1-5-18-10(4)12(8-16-18)15-7-11-9(3)17-19(6-2)13(11)14/h8,15H,5-7H2,1-4H3. The molecular formula is C13H20FN5. The Morgan fingerprint density at radius 2 is 1.89 bits per heavy atom. The van der Waals surface area contributed by atoms with Crippen molar-refractivity contribution in [3.05, 3.63) is 29.1 Å². The quantitative estimate of drug-likeness (QED) is 0.903. The highest BCUT2D eigenvalue weighted by Crippen LogP contribution is 2.17. The van der Waals surface area contributed by atoms with Crippen LogP contribution in [-0.2, 0) is 19.6 Å². The molecule has 0 saturated heterocycles. The Bertz CT molecular complexity index is 570. The molecular weight excluding hydrogens is 245 g/mol. The van der Waals surface area contributed by atoms with E-state index in [2.05, 4.69) is 15.5 Å². The normalized spacial score (nSPS) is 11.0. The summed E-state index contributed by atoms with van der Waals surface area (Å²) in [7, 11) is 0. The summed E-state index contributed by atoms with van der Waals surface area (Å²) >= 11 is 0. The number of aromatic nitrogens is 4. The zero-order valence-corrected chi connectivity index (χ0v) is 11.9. The summed E-state index contributed by atoms with van der Waals surface area (Å²) in [6.07, 6.45) is 1.77. The fourth-order valence-electron chi connectivity index (χ4n) is 2.12. The van der Waals surface area contributed by atoms with Gasteiger partial charge in [0.15, 0.2) is 0 Å². The van der Waals surface area contributed by atoms with Crippen molar-refractivity contribution in [2.45, 2.75) is 47.3 Å². The van der Waals surface area contributed by atoms with E-state index in [0.29, 0.717) is 18.7 Å². The minimum Gasteiger partial charge on any atom is -0.378 e. The first-order valence-electron chi connectivity index (χ1n) is 6.56. The predicted octanol–water partition coefficient (Wildman–Crippen LogP) is 2.49. The lowest BCUT2D eigenvalue weighted by atomic mass is 10.2. The summed E-state index contributed by atoms with van der Waals surface area (Å²) in [6.45, 7) is 9.54. The van der Waals surface area contributed by atoms with E-state index in [4.69, 9.17) is 0 Å². The van der Waals surface area contributed by atoms with Crippen LogP contribution in [0.5, 0.6) is 0 Å². The van der Waals surface area contributed by atoms with E-state index in [9.17, 15) is 4.39 Å². The van der Waals surface area contributed by atoms with Gasteiger partial charge in [-0.25, -0.2) is 4.68 Å². The van der Waals surface area contributed by atoms with Crippen LogP contribution in [0.4, 0.5) is 10.1 Å². The van der Waals surface area contributed by atoms with Crippen LogP contribution in [0.15, 0.2) is 6.20 Å². The third-order valence-corrected chi connectivity index (χ3v) is 3.34. The van der Waals surface area contributed by atoms with E-state index in [1.807, 2.05) is 32.4 Å². The van der Waals surface area contributed by atoms with Crippen LogP contribution in [0.1, 0.15) is 30.8 Å². The average molecular weight is 265 g/mol. The lowest BCUT2D eigenvalue weighted by Gasteiger charge is -2.06. The molecule has 5 nitrogen and oxygen atoms in total. The second-order valence-corrected chi connectivity index (χ2v) is 4.48. The molecule has 0 fully saturated rings. The molecule has 2 aromatic rings. The second-order valence-electron chi connectivity index (χ2n) is 4.48. The Labute approximate surface area is 112 Å². The van der Waals surface area contributed by atoms with E-state index in [0.717, 1.165) is 23.6 Å². The van der Waals surface area contributed by atoms with Gasteiger partial charge in [0.1, 0.15) is 0 Å². The van der Waals surface area contributed by atoms with Gasteiger partial charge in [0.2, 0.25) is 5.95 Å². The fourth-order valence-corrected chi connectivity index (χ4v) is 2.12. The monoisotopic (exact) mass is 265 g/mol. The summed E-state index contributed by atoms with van der Waals surface area (Å²) in [5, 5.41) is 11.6. The van der Waals surface area contributed by atoms with Crippen molar-refractivity contribution in [3.63, 3.8) is 0 Å². The van der Waals surface area contributed by atoms with Gasteiger partial charge in [0.05, 0.1) is 23.3 Å². The molecule has 0 bridgehead atoms. The van der Waals surface area contributed by atoms with Gasteiger partial charge in [-0.3, -0.25) is 4.68 Å². The summed E-state index contributed by atoms with van der Waals surface area (Å²) in [5.41, 5.74) is 3.34. The third kappa shape index (κ3) is 2.47. The highest BCUT2D eigenvalue weighted by molar-refractivity contribution is 5.46. The molecule has 104 valence electrons. The Kier molecular flexibility index (Phi) is 3.87. The Morgan fingerprint density at radius 1 is 1.21 bits per heavy atom. The molecule has 0 spiro atoms. The number of rotatable bonds is 5. The van der Waals surface area contributed by atoms with Crippen LogP contribution in [0.3, 0.4) is 0 Å². The van der Waals surface area contributed by atoms with Crippen molar-refractivity contribution in [2.75, 3.05) is 5.32 Å². The molecule has 6 heteroatoms. The van der Waals surface area contributed by atoms with Crippen LogP contribution in [0, 0.1) is 19.8 Å². The minimum atomic E-state index is -0.256. The maximum absolute atomic E-state index is 14.0. The predicted molar refractivity (Wildman–Crippen MR) is 72.6 cm³/mol. The van der Waals surface area contributed by atoms with Gasteiger partial charge in [0, 0.05) is 25.2 Å². The van der Waals surface area contributed by atoms with Crippen molar-refractivity contribution in [1.29, 1.82) is 0 Å².